The molecule has 0 fully saturated rings. The molecular weight excluding hydrogens is 380 g/mol. The highest BCUT2D eigenvalue weighted by Crippen LogP contribution is 2.19. The van der Waals surface area contributed by atoms with Gasteiger partial charge in [0.1, 0.15) is 5.70 Å². The molecule has 0 unspecified atom stereocenters. The van der Waals surface area contributed by atoms with Crippen molar-refractivity contribution in [2.75, 3.05) is 24.4 Å². The number of anilines is 2. The molecule has 8 nitrogen and oxygen atoms in total. The third-order valence-corrected chi connectivity index (χ3v) is 5.94. The summed E-state index contributed by atoms with van der Waals surface area (Å²) in [4.78, 5) is 24.8. The number of amides is 2. The summed E-state index contributed by atoms with van der Waals surface area (Å²) in [5, 5.41) is 4.01. The molecule has 0 aliphatic carbocycles. The van der Waals surface area contributed by atoms with E-state index in [2.05, 4.69) is 10.7 Å². The van der Waals surface area contributed by atoms with Crippen LogP contribution in [0.2, 0.25) is 0 Å². The van der Waals surface area contributed by atoms with Crippen LogP contribution in [0.1, 0.15) is 6.42 Å². The van der Waals surface area contributed by atoms with E-state index in [1.807, 2.05) is 6.07 Å². The second-order valence-electron chi connectivity index (χ2n) is 6.26. The van der Waals surface area contributed by atoms with Crippen molar-refractivity contribution in [3.8, 4) is 0 Å². The number of hydrazine groups is 1. The first kappa shape index (κ1) is 19.6. The lowest BCUT2D eigenvalue weighted by atomic mass is 10.2. The maximum Gasteiger partial charge on any atom is 0.273 e. The van der Waals surface area contributed by atoms with Crippen LogP contribution in [-0.2, 0) is 19.6 Å². The number of para-hydroxylation sites is 1. The molecule has 1 aliphatic rings. The summed E-state index contributed by atoms with van der Waals surface area (Å²) in [5.41, 5.74) is 4.12. The topological polar surface area (TPSA) is 98.8 Å². The molecule has 1 heterocycles. The van der Waals surface area contributed by atoms with Crippen molar-refractivity contribution in [2.45, 2.75) is 11.3 Å². The normalized spacial score (nSPS) is 14.5. The largest absolute Gasteiger partial charge is 0.321 e. The summed E-state index contributed by atoms with van der Waals surface area (Å²) in [6.45, 7) is 0. The Morgan fingerprint density at radius 2 is 1.71 bits per heavy atom. The maximum absolute atomic E-state index is 12.5. The summed E-state index contributed by atoms with van der Waals surface area (Å²) in [6, 6.07) is 14.8. The molecule has 0 atom stereocenters. The first-order valence-electron chi connectivity index (χ1n) is 8.48. The highest BCUT2D eigenvalue weighted by molar-refractivity contribution is 7.89. The number of rotatable bonds is 5. The zero-order chi connectivity index (χ0) is 20.3. The monoisotopic (exact) mass is 400 g/mol. The van der Waals surface area contributed by atoms with Crippen molar-refractivity contribution >= 4 is 33.2 Å². The summed E-state index contributed by atoms with van der Waals surface area (Å²) in [7, 11) is -0.633. The summed E-state index contributed by atoms with van der Waals surface area (Å²) < 4.78 is 25.3. The SMILES string of the molecule is CN(C)S(=O)(=O)c1ccc(NC(=O)C2=CCC(=O)N(c3ccccc3)N2)cc1. The highest BCUT2D eigenvalue weighted by Gasteiger charge is 2.24. The predicted molar refractivity (Wildman–Crippen MR) is 106 cm³/mol. The van der Waals surface area contributed by atoms with E-state index >= 15 is 0 Å². The number of nitrogens with one attached hydrogen (secondary N) is 2. The number of carbonyl (C=O) groups is 2. The van der Waals surface area contributed by atoms with E-state index in [0.29, 0.717) is 11.4 Å². The lowest BCUT2D eigenvalue weighted by molar-refractivity contribution is -0.119. The molecule has 0 spiro atoms. The molecule has 2 amide bonds. The Morgan fingerprint density at radius 3 is 2.32 bits per heavy atom. The van der Waals surface area contributed by atoms with E-state index < -0.39 is 15.9 Å². The Bertz CT molecular complexity index is 1020. The average molecular weight is 400 g/mol. The van der Waals surface area contributed by atoms with Gasteiger partial charge < -0.3 is 5.32 Å². The first-order chi connectivity index (χ1) is 13.3. The lowest BCUT2D eigenvalue weighted by Gasteiger charge is -2.28. The van der Waals surface area contributed by atoms with Gasteiger partial charge in [0.25, 0.3) is 5.91 Å². The lowest BCUT2D eigenvalue weighted by Crippen LogP contribution is -2.47. The Balaban J connectivity index is 1.72. The second kappa shape index (κ2) is 7.83. The fraction of sp³-hybridized carbons (Fsp3) is 0.158. The molecule has 2 aromatic rings. The van der Waals surface area contributed by atoms with Crippen LogP contribution in [0.25, 0.3) is 0 Å². The third kappa shape index (κ3) is 4.05. The molecule has 0 radical (unpaired) electrons. The molecule has 28 heavy (non-hydrogen) atoms. The van der Waals surface area contributed by atoms with Gasteiger partial charge in [0.15, 0.2) is 0 Å². The van der Waals surface area contributed by atoms with Crippen LogP contribution in [0.5, 0.6) is 0 Å². The number of benzene rings is 2. The summed E-state index contributed by atoms with van der Waals surface area (Å²) >= 11 is 0. The molecule has 146 valence electrons. The third-order valence-electron chi connectivity index (χ3n) is 4.11. The van der Waals surface area contributed by atoms with Gasteiger partial charge in [-0.25, -0.2) is 17.7 Å². The summed E-state index contributed by atoms with van der Waals surface area (Å²) in [6.07, 6.45) is 1.60. The van der Waals surface area contributed by atoms with Crippen LogP contribution in [0.4, 0.5) is 11.4 Å². The Labute approximate surface area is 163 Å². The molecule has 3 rings (SSSR count). The smallest absolute Gasteiger partial charge is 0.273 e. The van der Waals surface area contributed by atoms with E-state index in [-0.39, 0.29) is 22.9 Å². The van der Waals surface area contributed by atoms with Crippen LogP contribution in [0, 0.1) is 0 Å². The van der Waals surface area contributed by atoms with Gasteiger partial charge in [0.05, 0.1) is 10.6 Å². The van der Waals surface area contributed by atoms with E-state index in [4.69, 9.17) is 0 Å². The van der Waals surface area contributed by atoms with Crippen molar-refractivity contribution in [3.63, 3.8) is 0 Å². The maximum atomic E-state index is 12.5. The zero-order valence-electron chi connectivity index (χ0n) is 15.4. The number of hydrogen-bond acceptors (Lipinski definition) is 5. The fourth-order valence-corrected chi connectivity index (χ4v) is 3.46. The van der Waals surface area contributed by atoms with E-state index in [1.54, 1.807) is 24.3 Å². The Kier molecular flexibility index (Phi) is 5.48. The minimum absolute atomic E-state index is 0.0880. The fourth-order valence-electron chi connectivity index (χ4n) is 2.56. The average Bonchev–Trinajstić information content (AvgIpc) is 2.69. The van der Waals surface area contributed by atoms with Crippen molar-refractivity contribution in [3.05, 3.63) is 66.4 Å². The van der Waals surface area contributed by atoms with Gasteiger partial charge in [-0.15, -0.1) is 0 Å². The number of sulfonamides is 1. The molecule has 2 aromatic carbocycles. The Morgan fingerprint density at radius 1 is 1.07 bits per heavy atom. The number of carbonyl (C=O) groups excluding carboxylic acids is 2. The van der Waals surface area contributed by atoms with Crippen LogP contribution in [0.15, 0.2) is 71.3 Å². The van der Waals surface area contributed by atoms with Crippen molar-refractivity contribution in [2.24, 2.45) is 0 Å². The van der Waals surface area contributed by atoms with Crippen LogP contribution in [0.3, 0.4) is 0 Å². The van der Waals surface area contributed by atoms with Gasteiger partial charge in [-0.05, 0) is 42.5 Å². The highest BCUT2D eigenvalue weighted by atomic mass is 32.2. The van der Waals surface area contributed by atoms with E-state index in [0.717, 1.165) is 4.31 Å². The zero-order valence-corrected chi connectivity index (χ0v) is 16.2. The molecule has 1 aliphatic heterocycles. The predicted octanol–water partition coefficient (Wildman–Crippen LogP) is 1.70. The molecule has 2 N–H and O–H groups in total. The van der Waals surface area contributed by atoms with Gasteiger partial charge in [0.2, 0.25) is 15.9 Å². The summed E-state index contributed by atoms with van der Waals surface area (Å²) in [5.74, 6) is -0.613. The molecule has 0 saturated heterocycles. The number of nitrogens with zero attached hydrogens (tertiary/aromatic N) is 2. The van der Waals surface area contributed by atoms with E-state index in [9.17, 15) is 18.0 Å². The van der Waals surface area contributed by atoms with Crippen molar-refractivity contribution < 1.29 is 18.0 Å². The minimum atomic E-state index is -3.53. The molecule has 0 aromatic heterocycles. The minimum Gasteiger partial charge on any atom is -0.321 e. The van der Waals surface area contributed by atoms with Gasteiger partial charge in [-0.2, -0.15) is 0 Å². The van der Waals surface area contributed by atoms with Gasteiger partial charge >= 0.3 is 0 Å². The van der Waals surface area contributed by atoms with Gasteiger partial charge in [0, 0.05) is 26.2 Å². The van der Waals surface area contributed by atoms with Crippen LogP contribution in [-0.4, -0.2) is 38.6 Å². The van der Waals surface area contributed by atoms with Crippen molar-refractivity contribution in [1.29, 1.82) is 0 Å². The molecule has 0 bridgehead atoms. The molecular formula is C19H20N4O4S. The van der Waals surface area contributed by atoms with Gasteiger partial charge in [-0.1, -0.05) is 18.2 Å². The first-order valence-corrected chi connectivity index (χ1v) is 9.92. The van der Waals surface area contributed by atoms with Crippen LogP contribution < -0.4 is 15.8 Å². The second-order valence-corrected chi connectivity index (χ2v) is 8.42. The number of hydrogen-bond donors (Lipinski definition) is 2. The van der Waals surface area contributed by atoms with Gasteiger partial charge in [-0.3, -0.25) is 15.0 Å². The van der Waals surface area contributed by atoms with Crippen molar-refractivity contribution in [1.82, 2.24) is 9.73 Å². The van der Waals surface area contributed by atoms with E-state index in [1.165, 1.54) is 49.4 Å². The van der Waals surface area contributed by atoms with Crippen LogP contribution >= 0.6 is 0 Å². The Hall–Kier alpha value is -3.17. The molecule has 0 saturated carbocycles. The standard InChI is InChI=1S/C19H20N4O4S/c1-22(2)28(26,27)16-10-8-14(9-11-16)20-19(25)17-12-13-18(24)23(21-17)15-6-4-3-5-7-15/h3-12,21H,13H2,1-2H3,(H,20,25). The quantitative estimate of drug-likeness (QED) is 0.796. The molecule has 9 heteroatoms.